The first kappa shape index (κ1) is 20.9. The number of nitrogens with zero attached hydrogens (tertiary/aromatic N) is 1. The van der Waals surface area contributed by atoms with Gasteiger partial charge in [-0.05, 0) is 59.4 Å². The highest BCUT2D eigenvalue weighted by Crippen LogP contribution is 2.22. The lowest BCUT2D eigenvalue weighted by Gasteiger charge is -2.13. The molecule has 3 heteroatoms. The Morgan fingerprint density at radius 2 is 1.48 bits per heavy atom. The Morgan fingerprint density at radius 1 is 0.724 bits per heavy atom. The third-order valence-corrected chi connectivity index (χ3v) is 5.20. The first-order valence-electron chi connectivity index (χ1n) is 9.87. The van der Waals surface area contributed by atoms with Gasteiger partial charge in [-0.2, -0.15) is 0 Å². The molecule has 1 heterocycles. The molecule has 2 nitrogen and oxygen atoms in total. The van der Waals surface area contributed by atoms with Crippen molar-refractivity contribution in [3.63, 3.8) is 0 Å². The van der Waals surface area contributed by atoms with E-state index in [1.807, 2.05) is 12.1 Å². The van der Waals surface area contributed by atoms with Gasteiger partial charge in [-0.15, -0.1) is 12.4 Å². The van der Waals surface area contributed by atoms with Gasteiger partial charge >= 0.3 is 0 Å². The molecule has 29 heavy (non-hydrogen) atoms. The summed E-state index contributed by atoms with van der Waals surface area (Å²) in [5.41, 5.74) is 5.51. The third kappa shape index (κ3) is 5.36. The summed E-state index contributed by atoms with van der Waals surface area (Å²) in [7, 11) is 0. The monoisotopic (exact) mass is 403 g/mol. The van der Waals surface area contributed by atoms with Crippen LogP contribution in [0.1, 0.15) is 22.3 Å². The highest BCUT2D eigenvalue weighted by molar-refractivity contribution is 5.86. The number of aryl methyl sites for hydroxylation is 3. The van der Waals surface area contributed by atoms with Gasteiger partial charge in [0.25, 0.3) is 0 Å². The van der Waals surface area contributed by atoms with Gasteiger partial charge in [-0.1, -0.05) is 66.2 Å². The molecule has 3 aromatic carbocycles. The van der Waals surface area contributed by atoms with Crippen LogP contribution in [0.3, 0.4) is 0 Å². The van der Waals surface area contributed by atoms with Crippen LogP contribution >= 0.6 is 12.4 Å². The number of fused-ring (bicyclic) bond motifs is 1. The van der Waals surface area contributed by atoms with Crippen LogP contribution in [0.25, 0.3) is 10.8 Å². The lowest BCUT2D eigenvalue weighted by Crippen LogP contribution is -2.05. The number of ether oxygens (including phenoxy) is 1. The molecular weight excluding hydrogens is 378 g/mol. The third-order valence-electron chi connectivity index (χ3n) is 5.20. The summed E-state index contributed by atoms with van der Waals surface area (Å²) in [5, 5.41) is 2.68. The number of halogens is 1. The van der Waals surface area contributed by atoms with Crippen molar-refractivity contribution in [3.05, 3.63) is 107 Å². The fourth-order valence-corrected chi connectivity index (χ4v) is 3.72. The van der Waals surface area contributed by atoms with Gasteiger partial charge in [0.1, 0.15) is 5.75 Å². The van der Waals surface area contributed by atoms with E-state index in [0.29, 0.717) is 6.61 Å². The van der Waals surface area contributed by atoms with Crippen molar-refractivity contribution < 1.29 is 4.74 Å². The lowest BCUT2D eigenvalue weighted by molar-refractivity contribution is 0.321. The van der Waals surface area contributed by atoms with Gasteiger partial charge in [-0.25, -0.2) is 0 Å². The molecule has 4 aromatic rings. The van der Waals surface area contributed by atoms with E-state index in [-0.39, 0.29) is 12.4 Å². The zero-order valence-electron chi connectivity index (χ0n) is 16.7. The molecule has 0 bridgehead atoms. The summed E-state index contributed by atoms with van der Waals surface area (Å²) >= 11 is 0. The minimum atomic E-state index is 0. The molecule has 0 atom stereocenters. The van der Waals surface area contributed by atoms with Crippen LogP contribution in [0.2, 0.25) is 0 Å². The molecular formula is C26H26ClNO. The molecule has 0 aliphatic heterocycles. The quantitative estimate of drug-likeness (QED) is 0.357. The van der Waals surface area contributed by atoms with Crippen LogP contribution in [0.5, 0.6) is 5.75 Å². The fourth-order valence-electron chi connectivity index (χ4n) is 3.72. The van der Waals surface area contributed by atoms with Gasteiger partial charge < -0.3 is 4.74 Å². The zero-order chi connectivity index (χ0) is 19.2. The smallest absolute Gasteiger partial charge is 0.122 e. The van der Waals surface area contributed by atoms with Crippen LogP contribution in [-0.2, 0) is 19.3 Å². The second-order valence-electron chi connectivity index (χ2n) is 7.19. The van der Waals surface area contributed by atoms with E-state index in [0.717, 1.165) is 25.0 Å². The van der Waals surface area contributed by atoms with E-state index in [2.05, 4.69) is 72.6 Å². The van der Waals surface area contributed by atoms with E-state index >= 15 is 0 Å². The van der Waals surface area contributed by atoms with E-state index in [1.54, 1.807) is 12.4 Å². The van der Waals surface area contributed by atoms with Gasteiger partial charge in [-0.3, -0.25) is 4.98 Å². The summed E-state index contributed by atoms with van der Waals surface area (Å²) in [6.45, 7) is 2.83. The number of pyridine rings is 1. The van der Waals surface area contributed by atoms with Crippen LogP contribution < -0.4 is 4.74 Å². The van der Waals surface area contributed by atoms with Crippen LogP contribution in [-0.4, -0.2) is 11.6 Å². The molecule has 0 saturated carbocycles. The van der Waals surface area contributed by atoms with E-state index in [9.17, 15) is 0 Å². The van der Waals surface area contributed by atoms with Crippen molar-refractivity contribution in [1.29, 1.82) is 0 Å². The summed E-state index contributed by atoms with van der Waals surface area (Å²) in [4.78, 5) is 4.03. The first-order valence-corrected chi connectivity index (χ1v) is 9.87. The summed E-state index contributed by atoms with van der Waals surface area (Å²) in [6.07, 6.45) is 6.52. The van der Waals surface area contributed by atoms with E-state index < -0.39 is 0 Å². The van der Waals surface area contributed by atoms with Gasteiger partial charge in [0.15, 0.2) is 0 Å². The summed E-state index contributed by atoms with van der Waals surface area (Å²) in [5.74, 6) is 0.875. The van der Waals surface area contributed by atoms with Crippen LogP contribution in [0.4, 0.5) is 0 Å². The molecule has 4 rings (SSSR count). The maximum Gasteiger partial charge on any atom is 0.122 e. The summed E-state index contributed by atoms with van der Waals surface area (Å²) < 4.78 is 5.89. The van der Waals surface area contributed by atoms with Crippen molar-refractivity contribution in [2.45, 2.75) is 26.2 Å². The highest BCUT2D eigenvalue weighted by Gasteiger charge is 2.06. The van der Waals surface area contributed by atoms with Gasteiger partial charge in [0.2, 0.25) is 0 Å². The molecule has 0 amide bonds. The Morgan fingerprint density at radius 3 is 2.34 bits per heavy atom. The molecule has 0 saturated heterocycles. The van der Waals surface area contributed by atoms with E-state index in [1.165, 1.54) is 33.0 Å². The molecule has 0 aliphatic carbocycles. The Kier molecular flexibility index (Phi) is 7.26. The van der Waals surface area contributed by atoms with Crippen molar-refractivity contribution >= 4 is 23.2 Å². The van der Waals surface area contributed by atoms with Gasteiger partial charge in [0.05, 0.1) is 6.61 Å². The predicted octanol–water partition coefficient (Wildman–Crippen LogP) is 6.37. The molecule has 0 radical (unpaired) electrons. The Bertz CT molecular complexity index is 1060. The van der Waals surface area contributed by atoms with Crippen LogP contribution in [0.15, 0.2) is 85.2 Å². The van der Waals surface area contributed by atoms with Gasteiger partial charge in [0, 0.05) is 18.8 Å². The normalized spacial score (nSPS) is 10.5. The van der Waals surface area contributed by atoms with Crippen molar-refractivity contribution in [2.75, 3.05) is 6.61 Å². The van der Waals surface area contributed by atoms with Crippen LogP contribution in [0, 0.1) is 6.92 Å². The second-order valence-corrected chi connectivity index (χ2v) is 7.19. The Labute approximate surface area is 179 Å². The fraction of sp³-hybridized carbons (Fsp3) is 0.192. The standard InChI is InChI=1S/C26H25NO.ClH/c1-20-9-10-21(24(19-20)15-18-28-25-13-16-27-17-14-25)11-12-23-7-4-6-22-5-2-3-8-26(22)23;/h2-10,13-14,16-17,19H,11-12,15,18H2,1H3;1H. The SMILES string of the molecule is Cc1ccc(CCc2cccc3ccccc23)c(CCOc2ccncc2)c1.Cl. The molecule has 0 N–H and O–H groups in total. The maximum absolute atomic E-state index is 5.89. The average molecular weight is 404 g/mol. The van der Waals surface area contributed by atoms with E-state index in [4.69, 9.17) is 4.74 Å². The number of hydrogen-bond acceptors (Lipinski definition) is 2. The number of aromatic nitrogens is 1. The molecule has 0 fully saturated rings. The topological polar surface area (TPSA) is 22.1 Å². The van der Waals surface area contributed by atoms with Crippen molar-refractivity contribution in [1.82, 2.24) is 4.98 Å². The number of rotatable bonds is 7. The Hall–Kier alpha value is -2.84. The summed E-state index contributed by atoms with van der Waals surface area (Å²) in [6, 6.07) is 25.8. The second kappa shape index (κ2) is 10.1. The van der Waals surface area contributed by atoms with Crippen molar-refractivity contribution in [2.24, 2.45) is 0 Å². The first-order chi connectivity index (χ1) is 13.8. The van der Waals surface area contributed by atoms with Crippen molar-refractivity contribution in [3.8, 4) is 5.75 Å². The highest BCUT2D eigenvalue weighted by atomic mass is 35.5. The number of benzene rings is 3. The minimum Gasteiger partial charge on any atom is -0.493 e. The molecule has 148 valence electrons. The molecule has 0 aliphatic rings. The zero-order valence-corrected chi connectivity index (χ0v) is 17.5. The number of hydrogen-bond donors (Lipinski definition) is 0. The Balaban J connectivity index is 0.00000240. The maximum atomic E-state index is 5.89. The average Bonchev–Trinajstić information content (AvgIpc) is 2.74. The largest absolute Gasteiger partial charge is 0.493 e. The predicted molar refractivity (Wildman–Crippen MR) is 123 cm³/mol. The molecule has 1 aromatic heterocycles. The molecule has 0 unspecified atom stereocenters. The lowest BCUT2D eigenvalue weighted by atomic mass is 9.94. The molecule has 0 spiro atoms. The minimum absolute atomic E-state index is 0.